The van der Waals surface area contributed by atoms with Crippen LogP contribution in [0.3, 0.4) is 0 Å². The van der Waals surface area contributed by atoms with Gasteiger partial charge in [0.25, 0.3) is 0 Å². The highest BCUT2D eigenvalue weighted by Gasteiger charge is 2.28. The minimum absolute atomic E-state index is 0.150. The number of rotatable bonds is 58. The van der Waals surface area contributed by atoms with E-state index in [1.807, 2.05) is 6.08 Å². The maximum atomic E-state index is 12.9. The van der Waals surface area contributed by atoms with Crippen LogP contribution < -0.4 is 0 Å². The molecule has 0 amide bonds. The van der Waals surface area contributed by atoms with Gasteiger partial charge in [-0.15, -0.1) is 0 Å². The first kappa shape index (κ1) is 73.2. The summed E-state index contributed by atoms with van der Waals surface area (Å²) in [6, 6.07) is 0. The molecule has 0 rings (SSSR count). The van der Waals surface area contributed by atoms with Crippen LogP contribution in [0.15, 0.2) is 60.8 Å². The van der Waals surface area contributed by atoms with Gasteiger partial charge in [0.15, 0.2) is 6.10 Å². The normalized spacial score (nSPS) is 13.7. The topological polar surface area (TPSA) is 155 Å². The van der Waals surface area contributed by atoms with Crippen molar-refractivity contribution in [1.29, 1.82) is 0 Å². The highest BCUT2D eigenvalue weighted by Crippen LogP contribution is 2.43. The van der Waals surface area contributed by atoms with Crippen molar-refractivity contribution in [2.45, 2.75) is 303 Å². The van der Waals surface area contributed by atoms with Crippen LogP contribution in [0.1, 0.15) is 290 Å². The van der Waals surface area contributed by atoms with Gasteiger partial charge in [-0.2, -0.15) is 0 Å². The number of phosphoric acid groups is 1. The van der Waals surface area contributed by atoms with E-state index in [9.17, 15) is 28.9 Å². The third-order valence-corrected chi connectivity index (χ3v) is 14.4. The Kier molecular flexibility index (Phi) is 56.2. The Bertz CT molecular complexity index is 1510. The molecule has 0 bridgehead atoms. The lowest BCUT2D eigenvalue weighted by atomic mass is 10.0. The van der Waals surface area contributed by atoms with Gasteiger partial charge < -0.3 is 24.2 Å². The van der Waals surface area contributed by atoms with Crippen molar-refractivity contribution in [3.8, 4) is 0 Å². The van der Waals surface area contributed by atoms with Crippen LogP contribution in [0.25, 0.3) is 0 Å². The monoisotopic (exact) mass is 1090 g/mol. The van der Waals surface area contributed by atoms with Crippen LogP contribution >= 0.6 is 7.82 Å². The summed E-state index contributed by atoms with van der Waals surface area (Å²) in [4.78, 5) is 48.6. The molecular weight excluding hydrogens is 976 g/mol. The molecule has 3 atom stereocenters. The lowest BCUT2D eigenvalue weighted by Gasteiger charge is -2.21. The number of hydrogen-bond acceptors (Lipinski definition) is 10. The molecule has 0 aliphatic heterocycles. The second-order valence-corrected chi connectivity index (χ2v) is 22.3. The minimum atomic E-state index is -4.76. The number of hydrogen-bond donors (Lipinski definition) is 2. The summed E-state index contributed by atoms with van der Waals surface area (Å²) >= 11 is 0. The molecule has 0 aliphatic carbocycles. The van der Waals surface area contributed by atoms with E-state index in [1.54, 1.807) is 0 Å². The zero-order valence-corrected chi connectivity index (χ0v) is 49.9. The van der Waals surface area contributed by atoms with Crippen LogP contribution in [0.4, 0.5) is 0 Å². The van der Waals surface area contributed by atoms with Crippen LogP contribution in [-0.4, -0.2) is 66.5 Å². The zero-order chi connectivity index (χ0) is 55.5. The second-order valence-electron chi connectivity index (χ2n) is 20.9. The third-order valence-electron chi connectivity index (χ3n) is 13.5. The largest absolute Gasteiger partial charge is 0.472 e. The van der Waals surface area contributed by atoms with E-state index in [2.05, 4.69) is 75.5 Å². The first-order valence-electron chi connectivity index (χ1n) is 31.2. The van der Waals surface area contributed by atoms with E-state index in [0.717, 1.165) is 70.6 Å². The molecule has 2 N–H and O–H groups in total. The van der Waals surface area contributed by atoms with Gasteiger partial charge in [0.05, 0.1) is 19.8 Å². The standard InChI is InChI=1S/C64H115O11P/c1-4-7-10-13-16-19-22-25-28-30-33-35-38-41-44-47-50-53-62(66)71-57-61(75-64(68)55-52-49-46-43-40-37-34-31-29-26-23-20-17-14-11-8-5-2)59-73-76(69,70)72-58-60(56-65)74-63(67)54-51-48-45-42-39-36-32-27-24-21-18-15-12-9-6-3/h7,10,16,19,25,28,33,35,41,44,60-61,65H,4-6,8-9,11-15,17-18,20-24,26-27,29-32,34,36-40,42-43,45-59H2,1-3H3,(H,69,70)/b10-7-,19-16-,28-25-,35-33-,44-41-. The third kappa shape index (κ3) is 55.9. The van der Waals surface area contributed by atoms with Crippen molar-refractivity contribution in [2.75, 3.05) is 26.4 Å². The summed E-state index contributed by atoms with van der Waals surface area (Å²) in [5, 5.41) is 9.84. The minimum Gasteiger partial charge on any atom is -0.462 e. The number of phosphoric ester groups is 1. The lowest BCUT2D eigenvalue weighted by molar-refractivity contribution is -0.161. The van der Waals surface area contributed by atoms with Gasteiger partial charge in [-0.3, -0.25) is 23.4 Å². The first-order valence-corrected chi connectivity index (χ1v) is 32.7. The molecule has 0 aliphatic rings. The Balaban J connectivity index is 4.75. The van der Waals surface area contributed by atoms with Crippen molar-refractivity contribution in [2.24, 2.45) is 0 Å². The molecule has 0 spiro atoms. The number of esters is 3. The van der Waals surface area contributed by atoms with Gasteiger partial charge >= 0.3 is 25.7 Å². The molecule has 11 nitrogen and oxygen atoms in total. The Morgan fingerprint density at radius 1 is 0.382 bits per heavy atom. The van der Waals surface area contributed by atoms with Crippen molar-refractivity contribution >= 4 is 25.7 Å². The summed E-state index contributed by atoms with van der Waals surface area (Å²) in [5.41, 5.74) is 0. The molecule has 0 radical (unpaired) electrons. The number of allylic oxidation sites excluding steroid dienone is 10. The summed E-state index contributed by atoms with van der Waals surface area (Å²) in [7, 11) is -4.76. The molecule has 0 aromatic rings. The number of carbonyl (C=O) groups excluding carboxylic acids is 3. The van der Waals surface area contributed by atoms with E-state index in [1.165, 1.54) is 154 Å². The average molecular weight is 1090 g/mol. The number of unbranched alkanes of at least 4 members (excludes halogenated alkanes) is 31. The molecular formula is C64H115O11P. The molecule has 0 saturated heterocycles. The smallest absolute Gasteiger partial charge is 0.462 e. The molecule has 0 fully saturated rings. The molecule has 0 aromatic heterocycles. The van der Waals surface area contributed by atoms with E-state index in [4.69, 9.17) is 23.3 Å². The van der Waals surface area contributed by atoms with Gasteiger partial charge in [-0.05, 0) is 57.8 Å². The van der Waals surface area contributed by atoms with Gasteiger partial charge in [0.1, 0.15) is 12.7 Å². The molecule has 442 valence electrons. The summed E-state index contributed by atoms with van der Waals surface area (Å²) < 4.78 is 39.6. The van der Waals surface area contributed by atoms with E-state index in [0.29, 0.717) is 25.7 Å². The van der Waals surface area contributed by atoms with Crippen molar-refractivity contribution in [1.82, 2.24) is 0 Å². The number of aliphatic hydroxyl groups excluding tert-OH is 1. The fraction of sp³-hybridized carbons (Fsp3) is 0.797. The van der Waals surface area contributed by atoms with Gasteiger partial charge in [-0.25, -0.2) is 4.57 Å². The van der Waals surface area contributed by atoms with E-state index >= 15 is 0 Å². The maximum absolute atomic E-state index is 12.9. The van der Waals surface area contributed by atoms with E-state index in [-0.39, 0.29) is 25.9 Å². The quantitative estimate of drug-likeness (QED) is 0.0197. The second kappa shape index (κ2) is 58.3. The average Bonchev–Trinajstić information content (AvgIpc) is 3.41. The van der Waals surface area contributed by atoms with Gasteiger partial charge in [-0.1, -0.05) is 274 Å². The predicted octanol–water partition coefficient (Wildman–Crippen LogP) is 18.7. The van der Waals surface area contributed by atoms with Crippen molar-refractivity contribution < 1.29 is 52.2 Å². The molecule has 3 unspecified atom stereocenters. The number of ether oxygens (including phenoxy) is 3. The maximum Gasteiger partial charge on any atom is 0.472 e. The molecule has 12 heteroatoms. The zero-order valence-electron chi connectivity index (χ0n) is 49.0. The molecule has 0 heterocycles. The van der Waals surface area contributed by atoms with Crippen LogP contribution in [0.5, 0.6) is 0 Å². The van der Waals surface area contributed by atoms with Gasteiger partial charge in [0, 0.05) is 19.3 Å². The van der Waals surface area contributed by atoms with Crippen LogP contribution in [-0.2, 0) is 42.2 Å². The van der Waals surface area contributed by atoms with Crippen LogP contribution in [0.2, 0.25) is 0 Å². The first-order chi connectivity index (χ1) is 37.2. The molecule has 76 heavy (non-hydrogen) atoms. The van der Waals surface area contributed by atoms with Crippen molar-refractivity contribution in [3.63, 3.8) is 0 Å². The Morgan fingerprint density at radius 2 is 0.684 bits per heavy atom. The fourth-order valence-electron chi connectivity index (χ4n) is 8.75. The SMILES string of the molecule is CC/C=C\C/C=C\C/C=C\C/C=C\C/C=C\CCCC(=O)OCC(COP(=O)(O)OCC(CO)OC(=O)CCCCCCCCCCCCCCCCC)OC(=O)CCCCCCCCCCCCCCCCCCC. The Labute approximate surface area is 465 Å². The predicted molar refractivity (Wildman–Crippen MR) is 316 cm³/mol. The van der Waals surface area contributed by atoms with Crippen LogP contribution in [0, 0.1) is 0 Å². The summed E-state index contributed by atoms with van der Waals surface area (Å²) in [6.07, 6.45) is 64.7. The molecule has 0 aromatic carbocycles. The van der Waals surface area contributed by atoms with E-state index < -0.39 is 57.8 Å². The van der Waals surface area contributed by atoms with Gasteiger partial charge in [0.2, 0.25) is 0 Å². The Morgan fingerprint density at radius 3 is 1.04 bits per heavy atom. The highest BCUT2D eigenvalue weighted by molar-refractivity contribution is 7.47. The molecule has 0 saturated carbocycles. The lowest BCUT2D eigenvalue weighted by Crippen LogP contribution is -2.30. The number of carbonyl (C=O) groups is 3. The Hall–Kier alpha value is -2.82. The number of aliphatic hydroxyl groups is 1. The van der Waals surface area contributed by atoms with Crippen molar-refractivity contribution in [3.05, 3.63) is 60.8 Å². The fourth-order valence-corrected chi connectivity index (χ4v) is 9.53. The summed E-state index contributed by atoms with van der Waals surface area (Å²) in [6.45, 7) is 4.52. The highest BCUT2D eigenvalue weighted by atomic mass is 31.2. The summed E-state index contributed by atoms with van der Waals surface area (Å²) in [5.74, 6) is -1.52.